The van der Waals surface area contributed by atoms with Gasteiger partial charge in [0.15, 0.2) is 5.96 Å². The van der Waals surface area contributed by atoms with Crippen LogP contribution in [0.2, 0.25) is 0 Å². The lowest BCUT2D eigenvalue weighted by atomic mass is 9.80. The number of morpholine rings is 1. The molecule has 176 valence electrons. The third-order valence-electron chi connectivity index (χ3n) is 6.29. The predicted molar refractivity (Wildman–Crippen MR) is 136 cm³/mol. The maximum atomic E-state index is 12.5. The van der Waals surface area contributed by atoms with Crippen LogP contribution in [0.3, 0.4) is 0 Å². The summed E-state index contributed by atoms with van der Waals surface area (Å²) in [4.78, 5) is 6.91. The van der Waals surface area contributed by atoms with Gasteiger partial charge in [-0.1, -0.05) is 19.3 Å². The first-order valence-corrected chi connectivity index (χ1v) is 13.7. The maximum Gasteiger partial charge on any atom is 0.215 e. The molecule has 0 unspecified atom stereocenters. The largest absolute Gasteiger partial charge is 0.379 e. The number of guanidine groups is 1. The molecule has 0 aromatic carbocycles. The summed E-state index contributed by atoms with van der Waals surface area (Å²) in [6, 6.07) is 0. The zero-order valence-corrected chi connectivity index (χ0v) is 22.1. The van der Waals surface area contributed by atoms with Crippen LogP contribution in [0.5, 0.6) is 0 Å². The van der Waals surface area contributed by atoms with Gasteiger partial charge in [0.25, 0.3) is 0 Å². The minimum absolute atomic E-state index is 0. The van der Waals surface area contributed by atoms with Crippen molar-refractivity contribution in [3.8, 4) is 0 Å². The molecule has 1 aliphatic carbocycles. The first-order chi connectivity index (χ1) is 14.1. The molecule has 11 heteroatoms. The molecule has 0 aromatic heterocycles. The quantitative estimate of drug-likeness (QED) is 0.268. The number of rotatable bonds is 7. The second kappa shape index (κ2) is 13.0. The number of thioether (sulfide) groups is 1. The van der Waals surface area contributed by atoms with Crippen LogP contribution in [0.25, 0.3) is 0 Å². The molecule has 3 rings (SSSR count). The average molecular weight is 576 g/mol. The smallest absolute Gasteiger partial charge is 0.215 e. The van der Waals surface area contributed by atoms with Crippen molar-refractivity contribution < 1.29 is 13.2 Å². The average Bonchev–Trinajstić information content (AvgIpc) is 2.78. The van der Waals surface area contributed by atoms with Crippen molar-refractivity contribution >= 4 is 51.7 Å². The Morgan fingerprint density at radius 1 is 1.07 bits per heavy atom. The van der Waals surface area contributed by atoms with E-state index in [0.29, 0.717) is 25.6 Å². The van der Waals surface area contributed by atoms with Gasteiger partial charge in [-0.15, -0.1) is 24.0 Å². The Morgan fingerprint density at radius 2 is 1.73 bits per heavy atom. The van der Waals surface area contributed by atoms with E-state index in [4.69, 9.17) is 4.74 Å². The van der Waals surface area contributed by atoms with E-state index >= 15 is 0 Å². The first-order valence-electron chi connectivity index (χ1n) is 10.9. The number of hydrogen-bond acceptors (Lipinski definition) is 6. The molecule has 2 N–H and O–H groups in total. The number of aliphatic imine (C=N–C) groups is 1. The van der Waals surface area contributed by atoms with Gasteiger partial charge in [-0.05, 0) is 12.8 Å². The van der Waals surface area contributed by atoms with Gasteiger partial charge in [-0.3, -0.25) is 9.89 Å². The molecule has 0 bridgehead atoms. The highest BCUT2D eigenvalue weighted by molar-refractivity contribution is 14.0. The van der Waals surface area contributed by atoms with Gasteiger partial charge < -0.3 is 15.4 Å². The van der Waals surface area contributed by atoms with Crippen molar-refractivity contribution in [2.75, 3.05) is 76.8 Å². The van der Waals surface area contributed by atoms with E-state index in [-0.39, 0.29) is 35.3 Å². The Kier molecular flexibility index (Phi) is 11.5. The molecule has 0 amide bonds. The molecule has 2 aliphatic heterocycles. The van der Waals surface area contributed by atoms with Gasteiger partial charge in [-0.25, -0.2) is 12.7 Å². The van der Waals surface area contributed by atoms with Gasteiger partial charge in [0, 0.05) is 63.4 Å². The van der Waals surface area contributed by atoms with Crippen LogP contribution in [0.4, 0.5) is 0 Å². The van der Waals surface area contributed by atoms with Crippen molar-refractivity contribution in [3.63, 3.8) is 0 Å². The lowest BCUT2D eigenvalue weighted by molar-refractivity contribution is -0.0352. The molecule has 0 atom stereocenters. The SMILES string of the molecule is CN=C(NCCS(=O)(=O)N1CCSCC1)NCC1(N2CCOCC2)CCCCC1.I. The van der Waals surface area contributed by atoms with Crippen molar-refractivity contribution in [2.45, 2.75) is 37.6 Å². The second-order valence-corrected chi connectivity index (χ2v) is 11.4. The van der Waals surface area contributed by atoms with Crippen molar-refractivity contribution in [1.29, 1.82) is 0 Å². The number of nitrogens with zero attached hydrogens (tertiary/aromatic N) is 3. The van der Waals surface area contributed by atoms with Gasteiger partial charge >= 0.3 is 0 Å². The lowest BCUT2D eigenvalue weighted by Crippen LogP contribution is -2.60. The van der Waals surface area contributed by atoms with Gasteiger partial charge in [-0.2, -0.15) is 11.8 Å². The molecule has 2 saturated heterocycles. The molecule has 1 saturated carbocycles. The van der Waals surface area contributed by atoms with E-state index in [0.717, 1.165) is 44.4 Å². The minimum atomic E-state index is -3.20. The summed E-state index contributed by atoms with van der Waals surface area (Å²) >= 11 is 1.82. The molecule has 0 spiro atoms. The monoisotopic (exact) mass is 575 g/mol. The highest BCUT2D eigenvalue weighted by Gasteiger charge is 2.38. The predicted octanol–water partition coefficient (Wildman–Crippen LogP) is 1.18. The molecule has 30 heavy (non-hydrogen) atoms. The molecular weight excluding hydrogens is 537 g/mol. The van der Waals surface area contributed by atoms with Gasteiger partial charge in [0.2, 0.25) is 10.0 Å². The fourth-order valence-electron chi connectivity index (χ4n) is 4.57. The van der Waals surface area contributed by atoms with Crippen LogP contribution in [0, 0.1) is 0 Å². The van der Waals surface area contributed by atoms with E-state index in [1.54, 1.807) is 11.4 Å². The van der Waals surface area contributed by atoms with Crippen LogP contribution in [0.1, 0.15) is 32.1 Å². The first kappa shape index (κ1) is 26.4. The zero-order chi connectivity index (χ0) is 20.6. The number of sulfonamides is 1. The molecule has 3 aliphatic rings. The number of ether oxygens (including phenoxy) is 1. The fourth-order valence-corrected chi connectivity index (χ4v) is 7.06. The number of nitrogens with one attached hydrogen (secondary N) is 2. The van der Waals surface area contributed by atoms with E-state index in [9.17, 15) is 8.42 Å². The summed E-state index contributed by atoms with van der Waals surface area (Å²) < 4.78 is 32.2. The maximum absolute atomic E-state index is 12.5. The Morgan fingerprint density at radius 3 is 2.37 bits per heavy atom. The van der Waals surface area contributed by atoms with Crippen LogP contribution in [-0.2, 0) is 14.8 Å². The van der Waals surface area contributed by atoms with Crippen molar-refractivity contribution in [2.24, 2.45) is 4.99 Å². The topological polar surface area (TPSA) is 86.3 Å². The van der Waals surface area contributed by atoms with E-state index in [1.807, 2.05) is 11.8 Å². The van der Waals surface area contributed by atoms with Crippen molar-refractivity contribution in [3.05, 3.63) is 0 Å². The summed E-state index contributed by atoms with van der Waals surface area (Å²) in [5.74, 6) is 2.57. The molecular formula is C19H38IN5O3S2. The summed E-state index contributed by atoms with van der Waals surface area (Å²) in [5.41, 5.74) is 0.150. The molecule has 0 aromatic rings. The highest BCUT2D eigenvalue weighted by Crippen LogP contribution is 2.33. The molecule has 2 heterocycles. The van der Waals surface area contributed by atoms with E-state index in [1.165, 1.54) is 32.1 Å². The van der Waals surface area contributed by atoms with Crippen LogP contribution >= 0.6 is 35.7 Å². The normalized spacial score (nSPS) is 24.1. The third-order valence-corrected chi connectivity index (χ3v) is 9.11. The zero-order valence-electron chi connectivity index (χ0n) is 18.1. The highest BCUT2D eigenvalue weighted by atomic mass is 127. The van der Waals surface area contributed by atoms with Gasteiger partial charge in [0.1, 0.15) is 0 Å². The summed E-state index contributed by atoms with van der Waals surface area (Å²) in [6.07, 6.45) is 6.22. The lowest BCUT2D eigenvalue weighted by Gasteiger charge is -2.48. The van der Waals surface area contributed by atoms with Crippen molar-refractivity contribution in [1.82, 2.24) is 19.8 Å². The van der Waals surface area contributed by atoms with Gasteiger partial charge in [0.05, 0.1) is 19.0 Å². The third kappa shape index (κ3) is 7.36. The summed E-state index contributed by atoms with van der Waals surface area (Å²) in [6.45, 7) is 6.05. The van der Waals surface area contributed by atoms with Crippen LogP contribution in [0.15, 0.2) is 4.99 Å². The van der Waals surface area contributed by atoms with Crippen LogP contribution < -0.4 is 10.6 Å². The van der Waals surface area contributed by atoms with E-state index < -0.39 is 10.0 Å². The minimum Gasteiger partial charge on any atom is -0.379 e. The Hall–Kier alpha value is 0.180. The number of hydrogen-bond donors (Lipinski definition) is 2. The number of halogens is 1. The van der Waals surface area contributed by atoms with E-state index in [2.05, 4.69) is 20.5 Å². The summed E-state index contributed by atoms with van der Waals surface area (Å²) in [7, 11) is -1.46. The fraction of sp³-hybridized carbons (Fsp3) is 0.947. The Balaban J connectivity index is 0.00000320. The second-order valence-electron chi connectivity index (χ2n) is 8.06. The van der Waals surface area contributed by atoms with Crippen LogP contribution in [-0.4, -0.2) is 106 Å². The molecule has 8 nitrogen and oxygen atoms in total. The molecule has 3 fully saturated rings. The Labute approximate surface area is 203 Å². The molecule has 0 radical (unpaired) electrons. The Bertz CT molecular complexity index is 632. The standard InChI is InChI=1S/C19H37N5O3S2.HI/c1-20-18(21-7-16-29(25,26)24-10-14-28-15-11-24)22-17-19(5-3-2-4-6-19)23-8-12-27-13-9-23;/h2-17H2,1H3,(H2,20,21,22);1H. The summed E-state index contributed by atoms with van der Waals surface area (Å²) in [5, 5.41) is 6.70.